The van der Waals surface area contributed by atoms with Crippen molar-refractivity contribution in [2.45, 2.75) is 25.8 Å². The highest BCUT2D eigenvalue weighted by atomic mass is 79.9. The van der Waals surface area contributed by atoms with Gasteiger partial charge in [0.15, 0.2) is 0 Å². The number of hydrogen-bond donors (Lipinski definition) is 2. The number of halogens is 1. The molecule has 1 fully saturated rings. The van der Waals surface area contributed by atoms with Crippen LogP contribution in [0.15, 0.2) is 16.7 Å². The second-order valence-corrected chi connectivity index (χ2v) is 5.64. The lowest BCUT2D eigenvalue weighted by Gasteiger charge is -2.22. The minimum Gasteiger partial charge on any atom is -0.383 e. The minimum atomic E-state index is -0.158. The lowest BCUT2D eigenvalue weighted by Crippen LogP contribution is -2.40. The average Bonchev–Trinajstić information content (AvgIpc) is 2.86. The molecule has 1 aliphatic rings. The monoisotopic (exact) mass is 326 g/mol. The molecule has 1 aliphatic heterocycles. The molecular formula is C13H19BrN4O. The molecule has 5 nitrogen and oxygen atoms in total. The Kier molecular flexibility index (Phi) is 4.76. The van der Waals surface area contributed by atoms with Crippen molar-refractivity contribution in [3.8, 4) is 0 Å². The number of nitrogens with zero attached hydrogens (tertiary/aromatic N) is 2. The first kappa shape index (κ1) is 14.3. The molecule has 1 amide bonds. The van der Waals surface area contributed by atoms with Crippen molar-refractivity contribution in [1.82, 2.24) is 15.2 Å². The van der Waals surface area contributed by atoms with Crippen LogP contribution in [-0.4, -0.2) is 41.5 Å². The molecule has 0 aromatic carbocycles. The van der Waals surface area contributed by atoms with Crippen LogP contribution in [-0.2, 0) is 0 Å². The van der Waals surface area contributed by atoms with Crippen LogP contribution >= 0.6 is 15.9 Å². The number of rotatable bonds is 4. The van der Waals surface area contributed by atoms with Crippen LogP contribution in [0.5, 0.6) is 0 Å². The first-order chi connectivity index (χ1) is 9.11. The molecule has 0 radical (unpaired) electrons. The summed E-state index contributed by atoms with van der Waals surface area (Å²) in [4.78, 5) is 18.5. The third-order valence-corrected chi connectivity index (χ3v) is 3.97. The number of anilines is 1. The van der Waals surface area contributed by atoms with E-state index in [1.54, 1.807) is 12.3 Å². The maximum atomic E-state index is 12.1. The predicted molar refractivity (Wildman–Crippen MR) is 79.0 cm³/mol. The van der Waals surface area contributed by atoms with Crippen LogP contribution < -0.4 is 11.1 Å². The third kappa shape index (κ3) is 3.45. The van der Waals surface area contributed by atoms with Gasteiger partial charge in [0.05, 0.1) is 5.56 Å². The van der Waals surface area contributed by atoms with E-state index in [2.05, 4.69) is 38.1 Å². The van der Waals surface area contributed by atoms with Gasteiger partial charge < -0.3 is 11.1 Å². The maximum absolute atomic E-state index is 12.1. The summed E-state index contributed by atoms with van der Waals surface area (Å²) >= 11 is 3.30. The average molecular weight is 327 g/mol. The van der Waals surface area contributed by atoms with Gasteiger partial charge in [-0.3, -0.25) is 9.69 Å². The summed E-state index contributed by atoms with van der Waals surface area (Å²) < 4.78 is 0.753. The fourth-order valence-electron chi connectivity index (χ4n) is 2.48. The topological polar surface area (TPSA) is 71.2 Å². The molecule has 19 heavy (non-hydrogen) atoms. The smallest absolute Gasteiger partial charge is 0.255 e. The van der Waals surface area contributed by atoms with Crippen molar-refractivity contribution in [3.05, 3.63) is 22.3 Å². The van der Waals surface area contributed by atoms with Crippen molar-refractivity contribution in [1.29, 1.82) is 0 Å². The summed E-state index contributed by atoms with van der Waals surface area (Å²) in [7, 11) is 0. The molecule has 1 saturated heterocycles. The third-order valence-electron chi connectivity index (χ3n) is 3.53. The number of nitrogens with two attached hydrogens (primary N) is 1. The van der Waals surface area contributed by atoms with Crippen molar-refractivity contribution >= 4 is 27.7 Å². The van der Waals surface area contributed by atoms with E-state index in [0.29, 0.717) is 18.2 Å². The molecule has 6 heteroatoms. The Morgan fingerprint density at radius 2 is 2.47 bits per heavy atom. The zero-order valence-electron chi connectivity index (χ0n) is 11.0. The largest absolute Gasteiger partial charge is 0.383 e. The minimum absolute atomic E-state index is 0.158. The number of amides is 1. The van der Waals surface area contributed by atoms with Crippen LogP contribution in [0.2, 0.25) is 0 Å². The van der Waals surface area contributed by atoms with Gasteiger partial charge in [0.2, 0.25) is 0 Å². The Hall–Kier alpha value is -1.14. The standard InChI is InChI=1S/C13H19BrN4O/c1-2-18-5-3-4-10(18)8-17-13(19)11-6-9(14)7-16-12(11)15/h6-7,10H,2-5,8H2,1H3,(H2,15,16)(H,17,19). The highest BCUT2D eigenvalue weighted by Gasteiger charge is 2.23. The van der Waals surface area contributed by atoms with E-state index in [1.807, 2.05) is 0 Å². The number of hydrogen-bond acceptors (Lipinski definition) is 4. The van der Waals surface area contributed by atoms with Crippen LogP contribution in [0.3, 0.4) is 0 Å². The molecule has 2 rings (SSSR count). The van der Waals surface area contributed by atoms with Crippen molar-refractivity contribution in [2.24, 2.45) is 0 Å². The number of likely N-dealkylation sites (tertiary alicyclic amines) is 1. The molecule has 1 atom stereocenters. The second kappa shape index (κ2) is 6.34. The van der Waals surface area contributed by atoms with E-state index in [1.165, 1.54) is 6.42 Å². The lowest BCUT2D eigenvalue weighted by atomic mass is 10.2. The number of nitrogens with one attached hydrogen (secondary N) is 1. The molecule has 104 valence electrons. The van der Waals surface area contributed by atoms with Gasteiger partial charge in [-0.1, -0.05) is 6.92 Å². The summed E-state index contributed by atoms with van der Waals surface area (Å²) in [5.41, 5.74) is 6.15. The maximum Gasteiger partial charge on any atom is 0.255 e. The summed E-state index contributed by atoms with van der Waals surface area (Å²) in [5, 5.41) is 2.95. The molecule has 1 aromatic heterocycles. The highest BCUT2D eigenvalue weighted by molar-refractivity contribution is 9.10. The molecule has 1 unspecified atom stereocenters. The fraction of sp³-hybridized carbons (Fsp3) is 0.538. The normalized spacial score (nSPS) is 19.6. The Labute approximate surface area is 121 Å². The molecular weight excluding hydrogens is 308 g/mol. The Morgan fingerprint density at radius 3 is 3.21 bits per heavy atom. The number of carbonyl (C=O) groups excluding carboxylic acids is 1. The van der Waals surface area contributed by atoms with Crippen molar-refractivity contribution < 1.29 is 4.79 Å². The van der Waals surface area contributed by atoms with Crippen LogP contribution in [0.4, 0.5) is 5.82 Å². The number of carbonyl (C=O) groups is 1. The van der Waals surface area contributed by atoms with E-state index >= 15 is 0 Å². The van der Waals surface area contributed by atoms with Gasteiger partial charge in [0, 0.05) is 23.3 Å². The molecule has 0 saturated carbocycles. The number of aromatic nitrogens is 1. The quantitative estimate of drug-likeness (QED) is 0.882. The van der Waals surface area contributed by atoms with Gasteiger partial charge in [-0.05, 0) is 47.9 Å². The second-order valence-electron chi connectivity index (χ2n) is 4.72. The number of nitrogen functional groups attached to an aromatic ring is 1. The van der Waals surface area contributed by atoms with Crippen molar-refractivity contribution in [2.75, 3.05) is 25.4 Å². The Morgan fingerprint density at radius 1 is 1.68 bits per heavy atom. The van der Waals surface area contributed by atoms with Crippen LogP contribution in [0.25, 0.3) is 0 Å². The summed E-state index contributed by atoms with van der Waals surface area (Å²) in [6, 6.07) is 2.14. The molecule has 0 aliphatic carbocycles. The van der Waals surface area contributed by atoms with Gasteiger partial charge in [-0.15, -0.1) is 0 Å². The summed E-state index contributed by atoms with van der Waals surface area (Å²) in [6.07, 6.45) is 3.93. The van der Waals surface area contributed by atoms with Gasteiger partial charge in [0.1, 0.15) is 5.82 Å². The van der Waals surface area contributed by atoms with Gasteiger partial charge in [0.25, 0.3) is 5.91 Å². The van der Waals surface area contributed by atoms with E-state index in [0.717, 1.165) is 24.0 Å². The molecule has 3 N–H and O–H groups in total. The van der Waals surface area contributed by atoms with E-state index in [-0.39, 0.29) is 11.7 Å². The molecule has 1 aromatic rings. The fourth-order valence-corrected chi connectivity index (χ4v) is 2.81. The number of pyridine rings is 1. The first-order valence-electron chi connectivity index (χ1n) is 6.55. The van der Waals surface area contributed by atoms with E-state index < -0.39 is 0 Å². The van der Waals surface area contributed by atoms with Crippen LogP contribution in [0.1, 0.15) is 30.1 Å². The van der Waals surface area contributed by atoms with Gasteiger partial charge in [-0.2, -0.15) is 0 Å². The van der Waals surface area contributed by atoms with Gasteiger partial charge >= 0.3 is 0 Å². The Bertz CT molecular complexity index is 466. The summed E-state index contributed by atoms with van der Waals surface area (Å²) in [6.45, 7) is 4.97. The predicted octanol–water partition coefficient (Wildman–Crippen LogP) is 1.64. The molecule has 0 spiro atoms. The zero-order chi connectivity index (χ0) is 13.8. The first-order valence-corrected chi connectivity index (χ1v) is 7.34. The summed E-state index contributed by atoms with van der Waals surface area (Å²) in [5.74, 6) is 0.105. The highest BCUT2D eigenvalue weighted by Crippen LogP contribution is 2.17. The molecule has 0 bridgehead atoms. The lowest BCUT2D eigenvalue weighted by molar-refractivity contribution is 0.0942. The van der Waals surface area contributed by atoms with E-state index in [9.17, 15) is 4.79 Å². The SMILES string of the molecule is CCN1CCCC1CNC(=O)c1cc(Br)cnc1N. The number of likely N-dealkylation sites (N-methyl/N-ethyl adjacent to an activating group) is 1. The van der Waals surface area contributed by atoms with E-state index in [4.69, 9.17) is 5.73 Å². The Balaban J connectivity index is 1.96. The van der Waals surface area contributed by atoms with Gasteiger partial charge in [-0.25, -0.2) is 4.98 Å². The van der Waals surface area contributed by atoms with Crippen LogP contribution in [0, 0.1) is 0 Å². The van der Waals surface area contributed by atoms with Crippen molar-refractivity contribution in [3.63, 3.8) is 0 Å². The molecule has 2 heterocycles. The zero-order valence-corrected chi connectivity index (χ0v) is 12.6.